The molecule has 21 heavy (non-hydrogen) atoms. The maximum absolute atomic E-state index is 12.0. The van der Waals surface area contributed by atoms with E-state index in [1.54, 1.807) is 20.8 Å². The molecule has 0 aromatic heterocycles. The van der Waals surface area contributed by atoms with Crippen LogP contribution in [0.1, 0.15) is 46.5 Å². The van der Waals surface area contributed by atoms with Crippen molar-refractivity contribution in [1.29, 1.82) is 0 Å². The lowest BCUT2D eigenvalue weighted by atomic mass is 10.1. The van der Waals surface area contributed by atoms with E-state index in [2.05, 4.69) is 26.6 Å². The van der Waals surface area contributed by atoms with Crippen LogP contribution >= 0.6 is 15.9 Å². The van der Waals surface area contributed by atoms with Crippen LogP contribution in [0.4, 0.5) is 4.79 Å². The van der Waals surface area contributed by atoms with Gasteiger partial charge < -0.3 is 20.5 Å². The van der Waals surface area contributed by atoms with Crippen molar-refractivity contribution in [3.05, 3.63) is 0 Å². The molecule has 6 nitrogen and oxygen atoms in total. The van der Waals surface area contributed by atoms with Crippen molar-refractivity contribution < 1.29 is 19.4 Å². The first kappa shape index (κ1) is 20.2. The van der Waals surface area contributed by atoms with Gasteiger partial charge in [-0.15, -0.1) is 0 Å². The highest BCUT2D eigenvalue weighted by atomic mass is 79.9. The van der Waals surface area contributed by atoms with Crippen LogP contribution in [0, 0.1) is 0 Å². The van der Waals surface area contributed by atoms with E-state index in [0.29, 0.717) is 6.42 Å². The number of aliphatic hydroxyl groups excluding tert-OH is 1. The quantitative estimate of drug-likeness (QED) is 0.429. The third kappa shape index (κ3) is 11.5. The zero-order valence-corrected chi connectivity index (χ0v) is 14.7. The van der Waals surface area contributed by atoms with Crippen LogP contribution in [-0.4, -0.2) is 47.2 Å². The lowest BCUT2D eigenvalue weighted by Crippen LogP contribution is -2.48. The summed E-state index contributed by atoms with van der Waals surface area (Å²) in [5, 5.41) is 14.8. The van der Waals surface area contributed by atoms with Crippen LogP contribution in [0.3, 0.4) is 0 Å². The number of hydrogen-bond acceptors (Lipinski definition) is 4. The third-order valence-corrected chi connectivity index (χ3v) is 3.11. The van der Waals surface area contributed by atoms with Crippen LogP contribution in [0.5, 0.6) is 0 Å². The van der Waals surface area contributed by atoms with Crippen LogP contribution in [0.15, 0.2) is 0 Å². The predicted molar refractivity (Wildman–Crippen MR) is 85.5 cm³/mol. The summed E-state index contributed by atoms with van der Waals surface area (Å²) in [6, 6.07) is -0.637. The molecule has 0 spiro atoms. The lowest BCUT2D eigenvalue weighted by molar-refractivity contribution is -0.123. The van der Waals surface area contributed by atoms with Gasteiger partial charge in [0, 0.05) is 11.9 Å². The topological polar surface area (TPSA) is 87.7 Å². The van der Waals surface area contributed by atoms with Gasteiger partial charge in [-0.05, 0) is 33.6 Å². The van der Waals surface area contributed by atoms with E-state index < -0.39 is 17.7 Å². The van der Waals surface area contributed by atoms with E-state index >= 15 is 0 Å². The Kier molecular flexibility index (Phi) is 10.4. The summed E-state index contributed by atoms with van der Waals surface area (Å²) in [4.78, 5) is 23.7. The molecule has 0 bridgehead atoms. The highest BCUT2D eigenvalue weighted by Gasteiger charge is 2.23. The van der Waals surface area contributed by atoms with Crippen LogP contribution in [0.2, 0.25) is 0 Å². The molecule has 7 heteroatoms. The first-order valence-corrected chi connectivity index (χ1v) is 8.36. The Morgan fingerprint density at radius 2 is 1.90 bits per heavy atom. The maximum Gasteiger partial charge on any atom is 0.408 e. The Morgan fingerprint density at radius 1 is 1.24 bits per heavy atom. The highest BCUT2D eigenvalue weighted by Crippen LogP contribution is 2.09. The number of halogens is 1. The second-order valence-corrected chi connectivity index (χ2v) is 6.54. The minimum Gasteiger partial charge on any atom is -0.444 e. The normalized spacial score (nSPS) is 12.6. The summed E-state index contributed by atoms with van der Waals surface area (Å²) in [6.07, 6.45) is 2.78. The molecule has 1 atom stereocenters. The molecule has 0 radical (unpaired) electrons. The monoisotopic (exact) mass is 366 g/mol. The third-order valence-electron chi connectivity index (χ3n) is 2.54. The summed E-state index contributed by atoms with van der Waals surface area (Å²) >= 11 is 3.36. The maximum atomic E-state index is 12.0. The largest absolute Gasteiger partial charge is 0.444 e. The molecule has 3 N–H and O–H groups in total. The van der Waals surface area contributed by atoms with Gasteiger partial charge in [-0.3, -0.25) is 4.79 Å². The van der Waals surface area contributed by atoms with Gasteiger partial charge in [-0.2, -0.15) is 0 Å². The number of carbonyl (C=O) groups excluding carboxylic acids is 2. The van der Waals surface area contributed by atoms with E-state index in [9.17, 15) is 9.59 Å². The molecule has 0 heterocycles. The van der Waals surface area contributed by atoms with Crippen molar-refractivity contribution in [2.45, 2.75) is 58.1 Å². The van der Waals surface area contributed by atoms with Gasteiger partial charge >= 0.3 is 6.09 Å². The molecule has 0 aromatic rings. The predicted octanol–water partition coefficient (Wildman–Crippen LogP) is 1.94. The van der Waals surface area contributed by atoms with Gasteiger partial charge in [0.25, 0.3) is 0 Å². The molecule has 0 unspecified atom stereocenters. The molecule has 0 aliphatic rings. The van der Waals surface area contributed by atoms with Crippen LogP contribution in [-0.2, 0) is 9.53 Å². The fourth-order valence-corrected chi connectivity index (χ4v) is 2.04. The average Bonchev–Trinajstić information content (AvgIpc) is 2.37. The zero-order chi connectivity index (χ0) is 16.3. The first-order chi connectivity index (χ1) is 9.80. The van der Waals surface area contributed by atoms with Gasteiger partial charge in [-0.25, -0.2) is 4.79 Å². The van der Waals surface area contributed by atoms with Crippen molar-refractivity contribution >= 4 is 27.9 Å². The van der Waals surface area contributed by atoms with E-state index in [1.165, 1.54) is 0 Å². The number of rotatable bonds is 9. The van der Waals surface area contributed by atoms with E-state index in [0.717, 1.165) is 24.6 Å². The summed E-state index contributed by atoms with van der Waals surface area (Å²) in [5.41, 5.74) is -0.605. The number of aliphatic hydroxyl groups is 1. The first-order valence-electron chi connectivity index (χ1n) is 7.24. The summed E-state index contributed by atoms with van der Waals surface area (Å²) in [7, 11) is 0. The van der Waals surface area contributed by atoms with Gasteiger partial charge in [-0.1, -0.05) is 28.8 Å². The van der Waals surface area contributed by atoms with Crippen molar-refractivity contribution in [2.75, 3.05) is 18.5 Å². The van der Waals surface area contributed by atoms with Crippen LogP contribution in [0.25, 0.3) is 0 Å². The minimum atomic E-state index is -0.637. The van der Waals surface area contributed by atoms with Gasteiger partial charge in [0.15, 0.2) is 0 Å². The van der Waals surface area contributed by atoms with E-state index in [-0.39, 0.29) is 19.1 Å². The molecule has 0 rings (SSSR count). The standard InChI is InChI=1S/C14H27BrN2O4/c1-14(2,3)21-13(20)17-11(7-5-4-6-8-15)12(19)16-9-10-18/h11,18H,4-10H2,1-3H3,(H,16,19)(H,17,20)/t11-/m0/s1. The number of alkyl carbamates (subject to hydrolysis) is 1. The molecule has 0 saturated carbocycles. The van der Waals surface area contributed by atoms with Gasteiger partial charge in [0.1, 0.15) is 11.6 Å². The Hall–Kier alpha value is -0.820. The van der Waals surface area contributed by atoms with Gasteiger partial charge in [0.05, 0.1) is 6.61 Å². The Balaban J connectivity index is 4.41. The van der Waals surface area contributed by atoms with Gasteiger partial charge in [0.2, 0.25) is 5.91 Å². The van der Waals surface area contributed by atoms with E-state index in [1.807, 2.05) is 0 Å². The molecule has 0 aliphatic heterocycles. The molecule has 124 valence electrons. The highest BCUT2D eigenvalue weighted by molar-refractivity contribution is 9.09. The average molecular weight is 367 g/mol. The fraction of sp³-hybridized carbons (Fsp3) is 0.857. The van der Waals surface area contributed by atoms with Crippen molar-refractivity contribution in [1.82, 2.24) is 10.6 Å². The minimum absolute atomic E-state index is 0.130. The molecular formula is C14H27BrN2O4. The SMILES string of the molecule is CC(C)(C)OC(=O)N[C@@H](CCCCCBr)C(=O)NCCO. The van der Waals surface area contributed by atoms with Crippen LogP contribution < -0.4 is 10.6 Å². The Labute approximate surface area is 135 Å². The summed E-state index contributed by atoms with van der Waals surface area (Å²) < 4.78 is 5.16. The summed E-state index contributed by atoms with van der Waals surface area (Å²) in [6.45, 7) is 5.34. The smallest absolute Gasteiger partial charge is 0.408 e. The zero-order valence-electron chi connectivity index (χ0n) is 13.1. The molecule has 0 saturated heterocycles. The number of amides is 2. The molecule has 0 aromatic carbocycles. The molecule has 0 aliphatic carbocycles. The van der Waals surface area contributed by atoms with Crippen molar-refractivity contribution in [3.63, 3.8) is 0 Å². The fourth-order valence-electron chi connectivity index (χ4n) is 1.64. The number of carbonyl (C=O) groups is 2. The number of alkyl halides is 1. The van der Waals surface area contributed by atoms with E-state index in [4.69, 9.17) is 9.84 Å². The molecule has 0 fully saturated rings. The lowest BCUT2D eigenvalue weighted by Gasteiger charge is -2.23. The second kappa shape index (κ2) is 10.8. The number of ether oxygens (including phenoxy) is 1. The number of hydrogen-bond donors (Lipinski definition) is 3. The second-order valence-electron chi connectivity index (χ2n) is 5.75. The van der Waals surface area contributed by atoms with Crippen molar-refractivity contribution in [2.24, 2.45) is 0 Å². The Bertz CT molecular complexity index is 319. The Morgan fingerprint density at radius 3 is 2.43 bits per heavy atom. The number of unbranched alkanes of at least 4 members (excludes halogenated alkanes) is 2. The molecular weight excluding hydrogens is 340 g/mol. The molecule has 2 amide bonds. The van der Waals surface area contributed by atoms with Crippen molar-refractivity contribution in [3.8, 4) is 0 Å². The summed E-state index contributed by atoms with van der Waals surface area (Å²) in [5.74, 6) is -0.297. The number of nitrogens with one attached hydrogen (secondary N) is 2.